The molecule has 2 aromatic rings. The summed E-state index contributed by atoms with van der Waals surface area (Å²) in [6, 6.07) is 9.63. The topological polar surface area (TPSA) is 24.9 Å². The van der Waals surface area contributed by atoms with Gasteiger partial charge < -0.3 is 5.32 Å². The summed E-state index contributed by atoms with van der Waals surface area (Å²) in [5.41, 5.74) is 4.17. The molecule has 0 spiro atoms. The highest BCUT2D eigenvalue weighted by atomic mass is 19.1. The van der Waals surface area contributed by atoms with Crippen molar-refractivity contribution in [2.45, 2.75) is 32.4 Å². The molecule has 0 aliphatic heterocycles. The van der Waals surface area contributed by atoms with E-state index in [1.165, 1.54) is 18.9 Å². The van der Waals surface area contributed by atoms with E-state index in [-0.39, 0.29) is 5.82 Å². The van der Waals surface area contributed by atoms with Gasteiger partial charge in [-0.05, 0) is 60.7 Å². The van der Waals surface area contributed by atoms with Gasteiger partial charge in [-0.3, -0.25) is 4.98 Å². The molecule has 2 nitrogen and oxygen atoms in total. The van der Waals surface area contributed by atoms with Gasteiger partial charge in [0.05, 0.1) is 0 Å². The quantitative estimate of drug-likeness (QED) is 0.906. The van der Waals surface area contributed by atoms with E-state index in [1.54, 1.807) is 12.3 Å². The Morgan fingerprint density at radius 3 is 2.84 bits per heavy atom. The van der Waals surface area contributed by atoms with E-state index in [0.29, 0.717) is 6.04 Å². The van der Waals surface area contributed by atoms with Crippen LogP contribution in [0.15, 0.2) is 36.5 Å². The summed E-state index contributed by atoms with van der Waals surface area (Å²) in [5.74, 6) is -0.179. The zero-order chi connectivity index (χ0) is 13.2. The molecule has 1 heterocycles. The predicted molar refractivity (Wildman–Crippen MR) is 74.2 cm³/mol. The van der Waals surface area contributed by atoms with E-state index in [9.17, 15) is 4.39 Å². The van der Waals surface area contributed by atoms with Gasteiger partial charge in [0, 0.05) is 24.5 Å². The van der Waals surface area contributed by atoms with Crippen LogP contribution < -0.4 is 5.32 Å². The molecular formula is C16H17FN2. The Balaban J connectivity index is 1.94. The minimum atomic E-state index is -0.179. The average molecular weight is 256 g/mol. The standard InChI is InChI=1S/C16H17FN2/c1-11-8-12(6-7-18-11)16-5-2-14(17)9-13(16)10-19-15-3-4-15/h2,5-9,15,19H,3-4,10H2,1H3. The Morgan fingerprint density at radius 1 is 1.26 bits per heavy atom. The van der Waals surface area contributed by atoms with Crippen LogP contribution in [0.4, 0.5) is 4.39 Å². The SMILES string of the molecule is Cc1cc(-c2ccc(F)cc2CNC2CC2)ccn1. The second-order valence-corrected chi connectivity index (χ2v) is 5.14. The van der Waals surface area contributed by atoms with Crippen LogP contribution >= 0.6 is 0 Å². The first-order valence-corrected chi connectivity index (χ1v) is 6.67. The minimum Gasteiger partial charge on any atom is -0.310 e. The molecule has 0 radical (unpaired) electrons. The highest BCUT2D eigenvalue weighted by molar-refractivity contribution is 5.67. The molecule has 0 bridgehead atoms. The number of benzene rings is 1. The predicted octanol–water partition coefficient (Wildman–Crippen LogP) is 3.45. The first-order valence-electron chi connectivity index (χ1n) is 6.67. The van der Waals surface area contributed by atoms with Crippen molar-refractivity contribution in [3.8, 4) is 11.1 Å². The van der Waals surface area contributed by atoms with E-state index in [2.05, 4.69) is 10.3 Å². The van der Waals surface area contributed by atoms with Crippen LogP contribution in [-0.4, -0.2) is 11.0 Å². The van der Waals surface area contributed by atoms with E-state index in [1.807, 2.05) is 25.1 Å². The van der Waals surface area contributed by atoms with Gasteiger partial charge in [-0.2, -0.15) is 0 Å². The maximum atomic E-state index is 13.4. The normalized spacial score (nSPS) is 14.6. The molecule has 0 amide bonds. The van der Waals surface area contributed by atoms with Crippen molar-refractivity contribution in [2.24, 2.45) is 0 Å². The van der Waals surface area contributed by atoms with Crippen molar-refractivity contribution in [3.63, 3.8) is 0 Å². The van der Waals surface area contributed by atoms with Crippen molar-refractivity contribution < 1.29 is 4.39 Å². The fraction of sp³-hybridized carbons (Fsp3) is 0.312. The molecule has 1 fully saturated rings. The molecule has 3 heteroatoms. The van der Waals surface area contributed by atoms with Crippen molar-refractivity contribution in [1.82, 2.24) is 10.3 Å². The summed E-state index contributed by atoms with van der Waals surface area (Å²) in [5, 5.41) is 3.44. The smallest absolute Gasteiger partial charge is 0.123 e. The highest BCUT2D eigenvalue weighted by Gasteiger charge is 2.20. The Hall–Kier alpha value is -1.74. The molecule has 19 heavy (non-hydrogen) atoms. The number of nitrogens with zero attached hydrogens (tertiary/aromatic N) is 1. The fourth-order valence-corrected chi connectivity index (χ4v) is 2.25. The van der Waals surface area contributed by atoms with Crippen LogP contribution in [0, 0.1) is 12.7 Å². The zero-order valence-corrected chi connectivity index (χ0v) is 11.0. The molecule has 1 N–H and O–H groups in total. The molecule has 1 saturated carbocycles. The molecule has 0 atom stereocenters. The number of nitrogens with one attached hydrogen (secondary N) is 1. The van der Waals surface area contributed by atoms with Gasteiger partial charge >= 0.3 is 0 Å². The van der Waals surface area contributed by atoms with Gasteiger partial charge in [-0.15, -0.1) is 0 Å². The van der Waals surface area contributed by atoms with E-state index in [0.717, 1.165) is 28.9 Å². The average Bonchev–Trinajstić information content (AvgIpc) is 3.20. The Bertz CT molecular complexity index is 591. The van der Waals surface area contributed by atoms with Gasteiger partial charge in [-0.25, -0.2) is 4.39 Å². The number of hydrogen-bond donors (Lipinski definition) is 1. The van der Waals surface area contributed by atoms with Crippen molar-refractivity contribution >= 4 is 0 Å². The monoisotopic (exact) mass is 256 g/mol. The number of aromatic nitrogens is 1. The number of pyridine rings is 1. The third-order valence-electron chi connectivity index (χ3n) is 3.43. The Morgan fingerprint density at radius 2 is 2.11 bits per heavy atom. The maximum absolute atomic E-state index is 13.4. The lowest BCUT2D eigenvalue weighted by molar-refractivity contribution is 0.620. The van der Waals surface area contributed by atoms with E-state index < -0.39 is 0 Å². The van der Waals surface area contributed by atoms with Crippen LogP contribution in [0.2, 0.25) is 0 Å². The summed E-state index contributed by atoms with van der Waals surface area (Å²) in [7, 11) is 0. The van der Waals surface area contributed by atoms with Crippen LogP contribution in [0.25, 0.3) is 11.1 Å². The molecule has 1 aromatic heterocycles. The molecule has 0 saturated heterocycles. The van der Waals surface area contributed by atoms with Gasteiger partial charge in [0.25, 0.3) is 0 Å². The first kappa shape index (κ1) is 12.3. The Kier molecular flexibility index (Phi) is 3.30. The van der Waals surface area contributed by atoms with Crippen LogP contribution in [0.1, 0.15) is 24.1 Å². The summed E-state index contributed by atoms with van der Waals surface area (Å²) in [6.07, 6.45) is 4.27. The lowest BCUT2D eigenvalue weighted by Crippen LogP contribution is -2.16. The molecule has 1 aromatic carbocycles. The molecule has 1 aliphatic carbocycles. The largest absolute Gasteiger partial charge is 0.310 e. The van der Waals surface area contributed by atoms with Crippen LogP contribution in [0.3, 0.4) is 0 Å². The van der Waals surface area contributed by atoms with E-state index >= 15 is 0 Å². The van der Waals surface area contributed by atoms with Crippen molar-refractivity contribution in [3.05, 3.63) is 53.6 Å². The maximum Gasteiger partial charge on any atom is 0.123 e. The number of rotatable bonds is 4. The summed E-state index contributed by atoms with van der Waals surface area (Å²) in [4.78, 5) is 4.21. The van der Waals surface area contributed by atoms with Gasteiger partial charge in [0.15, 0.2) is 0 Å². The fourth-order valence-electron chi connectivity index (χ4n) is 2.25. The lowest BCUT2D eigenvalue weighted by atomic mass is 9.99. The summed E-state index contributed by atoms with van der Waals surface area (Å²) in [6.45, 7) is 2.69. The highest BCUT2D eigenvalue weighted by Crippen LogP contribution is 2.26. The van der Waals surface area contributed by atoms with E-state index in [4.69, 9.17) is 0 Å². The summed E-state index contributed by atoms with van der Waals surface area (Å²) < 4.78 is 13.4. The van der Waals surface area contributed by atoms with Crippen molar-refractivity contribution in [2.75, 3.05) is 0 Å². The van der Waals surface area contributed by atoms with Crippen molar-refractivity contribution in [1.29, 1.82) is 0 Å². The Labute approximate surface area is 112 Å². The lowest BCUT2D eigenvalue weighted by Gasteiger charge is -2.11. The first-order chi connectivity index (χ1) is 9.22. The molecule has 1 aliphatic rings. The molecule has 0 unspecified atom stereocenters. The zero-order valence-electron chi connectivity index (χ0n) is 11.0. The van der Waals surface area contributed by atoms with Gasteiger partial charge in [0.1, 0.15) is 5.82 Å². The molecule has 3 rings (SSSR count). The van der Waals surface area contributed by atoms with Gasteiger partial charge in [0.2, 0.25) is 0 Å². The van der Waals surface area contributed by atoms with Gasteiger partial charge in [-0.1, -0.05) is 6.07 Å². The van der Waals surface area contributed by atoms with Crippen LogP contribution in [0.5, 0.6) is 0 Å². The molecule has 98 valence electrons. The number of halogens is 1. The van der Waals surface area contributed by atoms with Crippen LogP contribution in [-0.2, 0) is 6.54 Å². The minimum absolute atomic E-state index is 0.179. The second-order valence-electron chi connectivity index (χ2n) is 5.14. The summed E-state index contributed by atoms with van der Waals surface area (Å²) >= 11 is 0. The molecular weight excluding hydrogens is 239 g/mol. The third kappa shape index (κ3) is 2.99. The number of hydrogen-bond acceptors (Lipinski definition) is 2. The third-order valence-corrected chi connectivity index (χ3v) is 3.43. The number of aryl methyl sites for hydroxylation is 1. The second kappa shape index (κ2) is 5.10.